The van der Waals surface area contributed by atoms with Gasteiger partial charge in [-0.1, -0.05) is 35.3 Å². The number of hydrogen-bond acceptors (Lipinski definition) is 3. The molecular weight excluding hydrogens is 309 g/mol. The Bertz CT molecular complexity index is 661. The van der Waals surface area contributed by atoms with Crippen LogP contribution in [0.2, 0.25) is 10.0 Å². The van der Waals surface area contributed by atoms with E-state index < -0.39 is 0 Å². The lowest BCUT2D eigenvalue weighted by atomic mass is 9.98. The van der Waals surface area contributed by atoms with Crippen molar-refractivity contribution >= 4 is 23.2 Å². The van der Waals surface area contributed by atoms with E-state index in [9.17, 15) is 0 Å². The number of halogens is 2. The summed E-state index contributed by atoms with van der Waals surface area (Å²) in [5.74, 6) is 1.56. The van der Waals surface area contributed by atoms with Crippen molar-refractivity contribution in [2.45, 2.75) is 6.04 Å². The van der Waals surface area contributed by atoms with Crippen LogP contribution in [0.5, 0.6) is 11.5 Å². The molecular formula is C16H15Cl2NO2. The van der Waals surface area contributed by atoms with Crippen LogP contribution < -0.4 is 14.8 Å². The summed E-state index contributed by atoms with van der Waals surface area (Å²) in [7, 11) is 1.91. The van der Waals surface area contributed by atoms with E-state index >= 15 is 0 Å². The number of rotatable bonds is 3. The van der Waals surface area contributed by atoms with Crippen LogP contribution in [0.1, 0.15) is 17.2 Å². The summed E-state index contributed by atoms with van der Waals surface area (Å²) in [6, 6.07) is 11.6. The molecule has 2 aromatic rings. The number of ether oxygens (including phenoxy) is 2. The highest BCUT2D eigenvalue weighted by molar-refractivity contribution is 6.42. The maximum atomic E-state index is 6.11. The average molecular weight is 324 g/mol. The molecule has 0 bridgehead atoms. The van der Waals surface area contributed by atoms with Crippen LogP contribution in [0.4, 0.5) is 0 Å². The van der Waals surface area contributed by atoms with E-state index in [-0.39, 0.29) is 6.04 Å². The molecule has 1 aliphatic rings. The number of fused-ring (bicyclic) bond motifs is 1. The predicted octanol–water partition coefficient (Wildman–Crippen LogP) is 4.07. The highest BCUT2D eigenvalue weighted by Crippen LogP contribution is 2.35. The van der Waals surface area contributed by atoms with Crippen LogP contribution in [0, 0.1) is 0 Å². The van der Waals surface area contributed by atoms with Gasteiger partial charge < -0.3 is 14.8 Å². The van der Waals surface area contributed by atoms with Gasteiger partial charge in [0.2, 0.25) is 0 Å². The molecule has 1 N–H and O–H groups in total. The average Bonchev–Trinajstić information content (AvgIpc) is 2.51. The fraction of sp³-hybridized carbons (Fsp3) is 0.250. The highest BCUT2D eigenvalue weighted by Gasteiger charge is 2.18. The molecule has 1 atom stereocenters. The summed E-state index contributed by atoms with van der Waals surface area (Å²) >= 11 is 12.1. The van der Waals surface area contributed by atoms with Gasteiger partial charge >= 0.3 is 0 Å². The number of benzene rings is 2. The molecule has 5 heteroatoms. The molecule has 21 heavy (non-hydrogen) atoms. The molecule has 0 radical (unpaired) electrons. The standard InChI is InChI=1S/C16H15Cl2NO2/c1-19-16(10-2-4-12(17)13(18)8-10)11-3-5-14-15(9-11)21-7-6-20-14/h2-5,8-9,16,19H,6-7H2,1H3. The van der Waals surface area contributed by atoms with Crippen molar-refractivity contribution in [3.8, 4) is 11.5 Å². The largest absolute Gasteiger partial charge is 0.486 e. The van der Waals surface area contributed by atoms with E-state index in [1.807, 2.05) is 43.4 Å². The Labute approximate surface area is 133 Å². The van der Waals surface area contributed by atoms with E-state index in [1.165, 1.54) is 0 Å². The van der Waals surface area contributed by atoms with Crippen molar-refractivity contribution in [3.63, 3.8) is 0 Å². The molecule has 0 saturated carbocycles. The second-order valence-corrected chi connectivity index (χ2v) is 5.61. The summed E-state index contributed by atoms with van der Waals surface area (Å²) in [5.41, 5.74) is 2.13. The summed E-state index contributed by atoms with van der Waals surface area (Å²) in [6.45, 7) is 1.17. The van der Waals surface area contributed by atoms with Crippen LogP contribution in [-0.4, -0.2) is 20.3 Å². The van der Waals surface area contributed by atoms with Crippen molar-refractivity contribution in [2.24, 2.45) is 0 Å². The van der Waals surface area contributed by atoms with Crippen molar-refractivity contribution in [1.29, 1.82) is 0 Å². The smallest absolute Gasteiger partial charge is 0.161 e. The van der Waals surface area contributed by atoms with Crippen LogP contribution in [-0.2, 0) is 0 Å². The van der Waals surface area contributed by atoms with E-state index in [0.29, 0.717) is 23.3 Å². The van der Waals surface area contributed by atoms with E-state index in [2.05, 4.69) is 5.32 Å². The second kappa shape index (κ2) is 6.14. The first-order valence-corrected chi connectivity index (χ1v) is 7.46. The molecule has 1 aliphatic heterocycles. The lowest BCUT2D eigenvalue weighted by Crippen LogP contribution is -2.19. The predicted molar refractivity (Wildman–Crippen MR) is 84.8 cm³/mol. The molecule has 0 fully saturated rings. The Morgan fingerprint density at radius 2 is 1.57 bits per heavy atom. The first-order valence-electron chi connectivity index (χ1n) is 6.71. The first-order chi connectivity index (χ1) is 10.2. The lowest BCUT2D eigenvalue weighted by Gasteiger charge is -2.22. The maximum Gasteiger partial charge on any atom is 0.161 e. The van der Waals surface area contributed by atoms with Crippen LogP contribution >= 0.6 is 23.2 Å². The van der Waals surface area contributed by atoms with Gasteiger partial charge in [0.1, 0.15) is 13.2 Å². The van der Waals surface area contributed by atoms with Gasteiger partial charge in [-0.05, 0) is 42.4 Å². The highest BCUT2D eigenvalue weighted by atomic mass is 35.5. The van der Waals surface area contributed by atoms with Crippen LogP contribution in [0.3, 0.4) is 0 Å². The molecule has 0 saturated heterocycles. The zero-order valence-electron chi connectivity index (χ0n) is 11.5. The third-order valence-electron chi connectivity index (χ3n) is 3.47. The van der Waals surface area contributed by atoms with Gasteiger partial charge in [0, 0.05) is 0 Å². The minimum absolute atomic E-state index is 0.00981. The molecule has 0 aromatic heterocycles. The van der Waals surface area contributed by atoms with Crippen molar-refractivity contribution < 1.29 is 9.47 Å². The number of hydrogen-bond donors (Lipinski definition) is 1. The zero-order valence-corrected chi connectivity index (χ0v) is 13.0. The van der Waals surface area contributed by atoms with Gasteiger partial charge in [-0.15, -0.1) is 0 Å². The third kappa shape index (κ3) is 2.95. The Morgan fingerprint density at radius 3 is 2.29 bits per heavy atom. The van der Waals surface area contributed by atoms with Crippen LogP contribution in [0.15, 0.2) is 36.4 Å². The third-order valence-corrected chi connectivity index (χ3v) is 4.20. The summed E-state index contributed by atoms with van der Waals surface area (Å²) in [4.78, 5) is 0. The normalized spacial score (nSPS) is 14.8. The molecule has 2 aromatic carbocycles. The van der Waals surface area contributed by atoms with Gasteiger partial charge in [0.05, 0.1) is 16.1 Å². The topological polar surface area (TPSA) is 30.5 Å². The molecule has 110 valence electrons. The minimum Gasteiger partial charge on any atom is -0.486 e. The maximum absolute atomic E-state index is 6.11. The molecule has 3 nitrogen and oxygen atoms in total. The molecule has 3 rings (SSSR count). The zero-order chi connectivity index (χ0) is 14.8. The van der Waals surface area contributed by atoms with Crippen molar-refractivity contribution in [3.05, 3.63) is 57.6 Å². The Hall–Kier alpha value is -1.42. The van der Waals surface area contributed by atoms with Gasteiger partial charge in [-0.3, -0.25) is 0 Å². The second-order valence-electron chi connectivity index (χ2n) is 4.80. The molecule has 1 unspecified atom stereocenters. The van der Waals surface area contributed by atoms with E-state index in [0.717, 1.165) is 22.6 Å². The fourth-order valence-corrected chi connectivity index (χ4v) is 2.76. The molecule has 0 amide bonds. The Balaban J connectivity index is 1.97. The molecule has 0 spiro atoms. The summed E-state index contributed by atoms with van der Waals surface area (Å²) < 4.78 is 11.2. The van der Waals surface area contributed by atoms with Crippen LogP contribution in [0.25, 0.3) is 0 Å². The van der Waals surface area contributed by atoms with E-state index in [4.69, 9.17) is 32.7 Å². The SMILES string of the molecule is CNC(c1ccc(Cl)c(Cl)c1)c1ccc2c(c1)OCCO2. The van der Waals surface area contributed by atoms with Gasteiger partial charge in [-0.25, -0.2) is 0 Å². The minimum atomic E-state index is 0.00981. The lowest BCUT2D eigenvalue weighted by molar-refractivity contribution is 0.171. The quantitative estimate of drug-likeness (QED) is 0.923. The van der Waals surface area contributed by atoms with E-state index in [1.54, 1.807) is 0 Å². The van der Waals surface area contributed by atoms with Gasteiger partial charge in [0.15, 0.2) is 11.5 Å². The first kappa shape index (κ1) is 14.5. The van der Waals surface area contributed by atoms with Gasteiger partial charge in [0.25, 0.3) is 0 Å². The Kier molecular flexibility index (Phi) is 4.24. The Morgan fingerprint density at radius 1 is 0.905 bits per heavy atom. The fourth-order valence-electron chi connectivity index (χ4n) is 2.46. The van der Waals surface area contributed by atoms with Crippen molar-refractivity contribution in [2.75, 3.05) is 20.3 Å². The summed E-state index contributed by atoms with van der Waals surface area (Å²) in [5, 5.41) is 4.39. The van der Waals surface area contributed by atoms with Gasteiger partial charge in [-0.2, -0.15) is 0 Å². The monoisotopic (exact) mass is 323 g/mol. The molecule has 0 aliphatic carbocycles. The summed E-state index contributed by atoms with van der Waals surface area (Å²) in [6.07, 6.45) is 0. The molecule has 1 heterocycles. The number of nitrogens with one attached hydrogen (secondary N) is 1. The van der Waals surface area contributed by atoms with Crippen molar-refractivity contribution in [1.82, 2.24) is 5.32 Å².